The van der Waals surface area contributed by atoms with Crippen molar-refractivity contribution in [2.45, 2.75) is 26.2 Å². The second-order valence-electron chi connectivity index (χ2n) is 9.66. The molecule has 0 aliphatic heterocycles. The molecule has 0 unspecified atom stereocenters. The molecule has 5 rings (SSSR count). The van der Waals surface area contributed by atoms with Crippen LogP contribution >= 0.6 is 11.3 Å². The van der Waals surface area contributed by atoms with Gasteiger partial charge >= 0.3 is 0 Å². The summed E-state index contributed by atoms with van der Waals surface area (Å²) in [5.74, 6) is -0.300. The van der Waals surface area contributed by atoms with Crippen LogP contribution in [0.2, 0.25) is 0 Å². The first-order chi connectivity index (χ1) is 19.1. The largest absolute Gasteiger partial charge is 0.324 e. The first-order valence-corrected chi connectivity index (χ1v) is 13.1. The average molecular weight is 552 g/mol. The molecular weight excluding hydrogens is 526 g/mol. The molecule has 200 valence electrons. The van der Waals surface area contributed by atoms with Crippen LogP contribution in [-0.2, 0) is 12.5 Å². The highest BCUT2D eigenvalue weighted by Gasteiger charge is 2.21. The first kappa shape index (κ1) is 26.5. The fraction of sp³-hybridized carbons (Fsp3) is 0.179. The Balaban J connectivity index is 1.31. The molecule has 0 aliphatic rings. The number of carbonyl (C=O) groups excluding carboxylic acids is 2. The standard InChI is InChI=1S/C28H25N9O2S/c1-16-8-9-19(31-23(38)17-6-5-7-18(12-17)28(2,3)15-29)13-21(16)32-26-30-14-22-25(35-26)40-27(33-22)34-24(39)20-10-11-37(4)36-20/h5-14H,1-4H3,(H,31,38)(H,30,32,35)(H,33,34,39). The van der Waals surface area contributed by atoms with Gasteiger partial charge in [-0.2, -0.15) is 15.3 Å². The summed E-state index contributed by atoms with van der Waals surface area (Å²) in [6.45, 7) is 5.55. The van der Waals surface area contributed by atoms with E-state index in [1.807, 2.05) is 39.0 Å². The molecule has 12 heteroatoms. The van der Waals surface area contributed by atoms with Crippen molar-refractivity contribution in [3.05, 3.63) is 83.3 Å². The summed E-state index contributed by atoms with van der Waals surface area (Å²) in [5.41, 5.74) is 3.58. The van der Waals surface area contributed by atoms with Gasteiger partial charge in [-0.1, -0.05) is 29.5 Å². The third-order valence-corrected chi connectivity index (χ3v) is 7.07. The molecule has 0 fully saturated rings. The zero-order valence-electron chi connectivity index (χ0n) is 22.2. The topological polar surface area (TPSA) is 151 Å². The van der Waals surface area contributed by atoms with Gasteiger partial charge in [-0.15, -0.1) is 0 Å². The number of nitriles is 1. The van der Waals surface area contributed by atoms with E-state index in [-0.39, 0.29) is 17.5 Å². The lowest BCUT2D eigenvalue weighted by Crippen LogP contribution is -2.17. The van der Waals surface area contributed by atoms with Crippen LogP contribution in [0.5, 0.6) is 0 Å². The van der Waals surface area contributed by atoms with Crippen LogP contribution < -0.4 is 16.0 Å². The zero-order chi connectivity index (χ0) is 28.4. The fourth-order valence-electron chi connectivity index (χ4n) is 3.82. The van der Waals surface area contributed by atoms with Crippen molar-refractivity contribution in [3.8, 4) is 6.07 Å². The summed E-state index contributed by atoms with van der Waals surface area (Å²) in [6, 6.07) is 16.4. The van der Waals surface area contributed by atoms with Gasteiger partial charge in [0.25, 0.3) is 11.8 Å². The van der Waals surface area contributed by atoms with Crippen LogP contribution in [0.15, 0.2) is 60.9 Å². The van der Waals surface area contributed by atoms with E-state index >= 15 is 0 Å². The minimum absolute atomic E-state index is 0.284. The van der Waals surface area contributed by atoms with Crippen molar-refractivity contribution in [3.63, 3.8) is 0 Å². The number of carbonyl (C=O) groups is 2. The van der Waals surface area contributed by atoms with Crippen molar-refractivity contribution < 1.29 is 9.59 Å². The number of aromatic nitrogens is 5. The van der Waals surface area contributed by atoms with Crippen molar-refractivity contribution in [1.29, 1.82) is 5.26 Å². The fourth-order valence-corrected chi connectivity index (χ4v) is 4.62. The normalized spacial score (nSPS) is 11.2. The predicted molar refractivity (Wildman–Crippen MR) is 154 cm³/mol. The molecule has 11 nitrogen and oxygen atoms in total. The highest BCUT2D eigenvalue weighted by atomic mass is 32.1. The Morgan fingerprint density at radius 2 is 1.88 bits per heavy atom. The number of hydrogen-bond donors (Lipinski definition) is 3. The number of benzene rings is 2. The van der Waals surface area contributed by atoms with Crippen LogP contribution in [0.25, 0.3) is 10.3 Å². The second kappa shape index (κ2) is 10.5. The van der Waals surface area contributed by atoms with Gasteiger partial charge in [0.2, 0.25) is 5.95 Å². The van der Waals surface area contributed by atoms with Gasteiger partial charge < -0.3 is 10.6 Å². The lowest BCUT2D eigenvalue weighted by atomic mass is 9.85. The SMILES string of the molecule is Cc1ccc(NC(=O)c2cccc(C(C)(C)C#N)c2)cc1Nc1ncc2nc(NC(=O)c3ccn(C)n3)sc2n1. The third kappa shape index (κ3) is 5.64. The van der Waals surface area contributed by atoms with E-state index in [2.05, 4.69) is 42.1 Å². The van der Waals surface area contributed by atoms with Crippen LogP contribution in [-0.4, -0.2) is 36.5 Å². The van der Waals surface area contributed by atoms with Crippen molar-refractivity contribution in [2.24, 2.45) is 7.05 Å². The number of nitrogens with one attached hydrogen (secondary N) is 3. The third-order valence-electron chi connectivity index (χ3n) is 6.19. The minimum Gasteiger partial charge on any atom is -0.324 e. The summed E-state index contributed by atoms with van der Waals surface area (Å²) < 4.78 is 1.55. The van der Waals surface area contributed by atoms with E-state index in [0.717, 1.165) is 11.1 Å². The molecule has 3 heterocycles. The van der Waals surface area contributed by atoms with Gasteiger partial charge in [-0.25, -0.2) is 9.97 Å². The van der Waals surface area contributed by atoms with E-state index in [0.29, 0.717) is 38.4 Å². The Kier molecular flexibility index (Phi) is 6.98. The Morgan fingerprint density at radius 1 is 1.05 bits per heavy atom. The van der Waals surface area contributed by atoms with E-state index in [1.165, 1.54) is 11.3 Å². The molecule has 3 aromatic heterocycles. The van der Waals surface area contributed by atoms with Gasteiger partial charge in [0, 0.05) is 30.2 Å². The summed E-state index contributed by atoms with van der Waals surface area (Å²) in [7, 11) is 1.74. The maximum absolute atomic E-state index is 13.0. The number of anilines is 4. The first-order valence-electron chi connectivity index (χ1n) is 12.3. The van der Waals surface area contributed by atoms with Gasteiger partial charge in [0.1, 0.15) is 5.52 Å². The molecule has 5 aromatic rings. The van der Waals surface area contributed by atoms with Crippen LogP contribution in [0.3, 0.4) is 0 Å². The minimum atomic E-state index is -0.706. The Bertz CT molecular complexity index is 1800. The van der Waals surface area contributed by atoms with E-state index in [4.69, 9.17) is 0 Å². The highest BCUT2D eigenvalue weighted by Crippen LogP contribution is 2.28. The van der Waals surface area contributed by atoms with Gasteiger partial charge in [0.05, 0.1) is 17.7 Å². The van der Waals surface area contributed by atoms with Gasteiger partial charge in [-0.3, -0.25) is 19.6 Å². The average Bonchev–Trinajstić information content (AvgIpc) is 3.55. The maximum atomic E-state index is 13.0. The number of rotatable bonds is 7. The summed E-state index contributed by atoms with van der Waals surface area (Å²) >= 11 is 1.22. The molecule has 2 aromatic carbocycles. The van der Waals surface area contributed by atoms with E-state index in [1.54, 1.807) is 54.5 Å². The lowest BCUT2D eigenvalue weighted by Gasteiger charge is -2.17. The predicted octanol–water partition coefficient (Wildman–Crippen LogP) is 5.18. The van der Waals surface area contributed by atoms with Gasteiger partial charge in [-0.05, 0) is 62.2 Å². The maximum Gasteiger partial charge on any atom is 0.277 e. The quantitative estimate of drug-likeness (QED) is 0.250. The van der Waals surface area contributed by atoms with Crippen LogP contribution in [0.4, 0.5) is 22.5 Å². The molecule has 40 heavy (non-hydrogen) atoms. The summed E-state index contributed by atoms with van der Waals surface area (Å²) in [5, 5.41) is 22.8. The number of amides is 2. The second-order valence-corrected chi connectivity index (χ2v) is 10.6. The molecule has 0 saturated carbocycles. The number of hydrogen-bond acceptors (Lipinski definition) is 9. The van der Waals surface area contributed by atoms with Crippen LogP contribution in [0.1, 0.15) is 45.8 Å². The Morgan fingerprint density at radius 3 is 2.62 bits per heavy atom. The van der Waals surface area contributed by atoms with Crippen molar-refractivity contribution >= 4 is 56.0 Å². The van der Waals surface area contributed by atoms with Crippen LogP contribution in [0, 0.1) is 18.3 Å². The highest BCUT2D eigenvalue weighted by molar-refractivity contribution is 7.22. The Hall–Kier alpha value is -5.15. The molecule has 0 saturated heterocycles. The molecular formula is C28H25N9O2S. The number of fused-ring (bicyclic) bond motifs is 1. The number of thiazole rings is 1. The van der Waals surface area contributed by atoms with Crippen molar-refractivity contribution in [1.82, 2.24) is 24.7 Å². The smallest absolute Gasteiger partial charge is 0.277 e. The van der Waals surface area contributed by atoms with E-state index < -0.39 is 5.41 Å². The van der Waals surface area contributed by atoms with Gasteiger partial charge in [0.15, 0.2) is 15.7 Å². The van der Waals surface area contributed by atoms with E-state index in [9.17, 15) is 14.9 Å². The number of aryl methyl sites for hydroxylation is 2. The molecule has 0 spiro atoms. The lowest BCUT2D eigenvalue weighted by molar-refractivity contribution is 0.101. The Labute approximate surface area is 233 Å². The monoisotopic (exact) mass is 551 g/mol. The molecule has 0 bridgehead atoms. The molecule has 3 N–H and O–H groups in total. The van der Waals surface area contributed by atoms with Crippen molar-refractivity contribution in [2.75, 3.05) is 16.0 Å². The molecule has 0 aliphatic carbocycles. The summed E-state index contributed by atoms with van der Waals surface area (Å²) in [6.07, 6.45) is 3.27. The summed E-state index contributed by atoms with van der Waals surface area (Å²) in [4.78, 5) is 39.3. The zero-order valence-corrected chi connectivity index (χ0v) is 23.0. The number of nitrogens with zero attached hydrogens (tertiary/aromatic N) is 6. The molecule has 2 amide bonds. The molecule has 0 radical (unpaired) electrons. The molecule has 0 atom stereocenters.